The van der Waals surface area contributed by atoms with Crippen LogP contribution >= 0.6 is 0 Å². The summed E-state index contributed by atoms with van der Waals surface area (Å²) in [5, 5.41) is 15.6. The molecule has 2 aromatic carbocycles. The lowest BCUT2D eigenvalue weighted by Crippen LogP contribution is -2.21. The Balaban J connectivity index is 1.91. The fourth-order valence-corrected chi connectivity index (χ4v) is 3.78. The summed E-state index contributed by atoms with van der Waals surface area (Å²) in [6.07, 6.45) is 1.18. The lowest BCUT2D eigenvalue weighted by atomic mass is 10.1. The van der Waals surface area contributed by atoms with Crippen molar-refractivity contribution in [2.45, 2.75) is 26.9 Å². The highest BCUT2D eigenvalue weighted by molar-refractivity contribution is 5.88. The fourth-order valence-electron chi connectivity index (χ4n) is 3.78. The minimum absolute atomic E-state index is 0.172. The highest BCUT2D eigenvalue weighted by Crippen LogP contribution is 2.28. The molecular weight excluding hydrogens is 366 g/mol. The van der Waals surface area contributed by atoms with E-state index >= 15 is 0 Å². The van der Waals surface area contributed by atoms with Crippen LogP contribution in [0.2, 0.25) is 0 Å². The van der Waals surface area contributed by atoms with E-state index in [0.29, 0.717) is 11.1 Å². The minimum Gasteiger partial charge on any atom is -0.497 e. The van der Waals surface area contributed by atoms with E-state index in [1.807, 2.05) is 38.1 Å². The van der Waals surface area contributed by atoms with Gasteiger partial charge in [-0.25, -0.2) is 0 Å². The van der Waals surface area contributed by atoms with Crippen molar-refractivity contribution in [3.63, 3.8) is 0 Å². The molecule has 0 fully saturated rings. The van der Waals surface area contributed by atoms with Crippen LogP contribution in [-0.2, 0) is 0 Å². The molecule has 2 aromatic heterocycles. The molecule has 0 amide bonds. The van der Waals surface area contributed by atoms with E-state index in [-0.39, 0.29) is 5.56 Å². The second-order valence-electron chi connectivity index (χ2n) is 7.13. The summed E-state index contributed by atoms with van der Waals surface area (Å²) < 4.78 is 8.80. The number of nitrogens with zero attached hydrogens (tertiary/aromatic N) is 3. The van der Waals surface area contributed by atoms with Crippen molar-refractivity contribution in [3.05, 3.63) is 82.0 Å². The number of fused-ring (bicyclic) bond motifs is 1. The quantitative estimate of drug-likeness (QED) is 0.576. The van der Waals surface area contributed by atoms with Gasteiger partial charge in [-0.05, 0) is 50.6 Å². The number of aromatic nitrogens is 3. The molecule has 29 heavy (non-hydrogen) atoms. The van der Waals surface area contributed by atoms with E-state index in [9.17, 15) is 9.90 Å². The van der Waals surface area contributed by atoms with Crippen LogP contribution in [0.1, 0.15) is 30.0 Å². The Hall–Kier alpha value is -3.38. The first-order chi connectivity index (χ1) is 13.9. The maximum atomic E-state index is 13.3. The molecule has 0 aliphatic rings. The molecular formula is C23H23N3O3. The molecule has 0 spiro atoms. The van der Waals surface area contributed by atoms with Gasteiger partial charge in [0.15, 0.2) is 0 Å². The SMILES string of the molecule is COc1cccc(-n2c(C)c3cnn(-c4ccc(C(C)O)cc4)c(=O)c3c2C)c1. The van der Waals surface area contributed by atoms with Crippen LogP contribution in [0.4, 0.5) is 0 Å². The number of methoxy groups -OCH3 is 1. The second-order valence-corrected chi connectivity index (χ2v) is 7.13. The molecule has 0 saturated heterocycles. The lowest BCUT2D eigenvalue weighted by Gasteiger charge is -2.10. The number of rotatable bonds is 4. The van der Waals surface area contributed by atoms with Gasteiger partial charge in [0.2, 0.25) is 0 Å². The van der Waals surface area contributed by atoms with Gasteiger partial charge in [0.1, 0.15) is 5.75 Å². The topological polar surface area (TPSA) is 69.3 Å². The first-order valence-corrected chi connectivity index (χ1v) is 9.45. The number of hydrogen-bond acceptors (Lipinski definition) is 4. The van der Waals surface area contributed by atoms with Crippen LogP contribution in [0, 0.1) is 13.8 Å². The molecule has 2 heterocycles. The van der Waals surface area contributed by atoms with Crippen LogP contribution in [-0.4, -0.2) is 26.6 Å². The Kier molecular flexibility index (Phi) is 4.72. The fraction of sp³-hybridized carbons (Fsp3) is 0.217. The standard InChI is InChI=1S/C23H23N3O3/c1-14-21-13-24-26(18-10-8-17(9-11-18)16(3)27)23(28)22(21)15(2)25(14)19-6-5-7-20(12-19)29-4/h5-13,16,27H,1-4H3. The zero-order chi connectivity index (χ0) is 20.7. The summed E-state index contributed by atoms with van der Waals surface area (Å²) in [7, 11) is 1.64. The number of aryl methyl sites for hydroxylation is 2. The van der Waals surface area contributed by atoms with Crippen LogP contribution in [0.5, 0.6) is 5.75 Å². The Labute approximate surface area is 168 Å². The predicted octanol–water partition coefficient (Wildman–Crippen LogP) is 3.86. The molecule has 0 aliphatic heterocycles. The Morgan fingerprint density at radius 3 is 2.41 bits per heavy atom. The van der Waals surface area contributed by atoms with Gasteiger partial charge in [-0.2, -0.15) is 9.78 Å². The Morgan fingerprint density at radius 2 is 1.76 bits per heavy atom. The lowest BCUT2D eigenvalue weighted by molar-refractivity contribution is 0.199. The molecule has 0 radical (unpaired) electrons. The molecule has 0 aliphatic carbocycles. The largest absolute Gasteiger partial charge is 0.497 e. The van der Waals surface area contributed by atoms with Crippen LogP contribution in [0.3, 0.4) is 0 Å². The summed E-state index contributed by atoms with van der Waals surface area (Å²) in [4.78, 5) is 13.3. The van der Waals surface area contributed by atoms with Crippen molar-refractivity contribution in [1.82, 2.24) is 14.3 Å². The van der Waals surface area contributed by atoms with Gasteiger partial charge in [-0.1, -0.05) is 18.2 Å². The third-order valence-electron chi connectivity index (χ3n) is 5.33. The maximum Gasteiger partial charge on any atom is 0.281 e. The van der Waals surface area contributed by atoms with Crippen molar-refractivity contribution in [2.75, 3.05) is 7.11 Å². The summed E-state index contributed by atoms with van der Waals surface area (Å²) in [6, 6.07) is 14.9. The van der Waals surface area contributed by atoms with Gasteiger partial charge in [0, 0.05) is 28.5 Å². The van der Waals surface area contributed by atoms with Crippen molar-refractivity contribution >= 4 is 10.8 Å². The third kappa shape index (κ3) is 3.11. The zero-order valence-corrected chi connectivity index (χ0v) is 16.9. The average molecular weight is 389 g/mol. The van der Waals surface area contributed by atoms with E-state index in [4.69, 9.17) is 4.74 Å². The average Bonchev–Trinajstić information content (AvgIpc) is 2.99. The first-order valence-electron chi connectivity index (χ1n) is 9.45. The second kappa shape index (κ2) is 7.22. The Morgan fingerprint density at radius 1 is 1.03 bits per heavy atom. The number of aliphatic hydroxyl groups is 1. The van der Waals surface area contributed by atoms with Crippen molar-refractivity contribution in [2.24, 2.45) is 0 Å². The molecule has 1 unspecified atom stereocenters. The van der Waals surface area contributed by atoms with Gasteiger partial charge in [0.05, 0.1) is 30.5 Å². The molecule has 4 aromatic rings. The maximum absolute atomic E-state index is 13.3. The van der Waals surface area contributed by atoms with Gasteiger partial charge < -0.3 is 14.4 Å². The molecule has 6 nitrogen and oxygen atoms in total. The number of hydrogen-bond donors (Lipinski definition) is 1. The smallest absolute Gasteiger partial charge is 0.281 e. The monoisotopic (exact) mass is 389 g/mol. The van der Waals surface area contributed by atoms with E-state index < -0.39 is 6.10 Å². The van der Waals surface area contributed by atoms with E-state index in [0.717, 1.165) is 33.8 Å². The summed E-state index contributed by atoms with van der Waals surface area (Å²) in [5.74, 6) is 0.757. The van der Waals surface area contributed by atoms with Crippen LogP contribution < -0.4 is 10.3 Å². The third-order valence-corrected chi connectivity index (χ3v) is 5.33. The highest BCUT2D eigenvalue weighted by atomic mass is 16.5. The summed E-state index contributed by atoms with van der Waals surface area (Å²) in [5.41, 5.74) is 4.02. The molecule has 6 heteroatoms. The normalized spacial score (nSPS) is 12.3. The van der Waals surface area contributed by atoms with Gasteiger partial charge >= 0.3 is 0 Å². The number of ether oxygens (including phenoxy) is 1. The molecule has 0 bridgehead atoms. The summed E-state index contributed by atoms with van der Waals surface area (Å²) in [6.45, 7) is 5.63. The predicted molar refractivity (Wildman–Crippen MR) is 113 cm³/mol. The van der Waals surface area contributed by atoms with Crippen LogP contribution in [0.25, 0.3) is 22.1 Å². The zero-order valence-electron chi connectivity index (χ0n) is 16.9. The summed E-state index contributed by atoms with van der Waals surface area (Å²) >= 11 is 0. The van der Waals surface area contributed by atoms with Crippen molar-refractivity contribution in [1.29, 1.82) is 0 Å². The van der Waals surface area contributed by atoms with Crippen molar-refractivity contribution < 1.29 is 9.84 Å². The van der Waals surface area contributed by atoms with Crippen LogP contribution in [0.15, 0.2) is 59.5 Å². The van der Waals surface area contributed by atoms with E-state index in [1.165, 1.54) is 4.68 Å². The minimum atomic E-state index is -0.557. The van der Waals surface area contributed by atoms with E-state index in [1.54, 1.807) is 44.5 Å². The number of benzene rings is 2. The van der Waals surface area contributed by atoms with Gasteiger partial charge in [-0.15, -0.1) is 0 Å². The molecule has 0 saturated carbocycles. The van der Waals surface area contributed by atoms with Gasteiger partial charge in [-0.3, -0.25) is 4.79 Å². The molecule has 4 rings (SSSR count). The van der Waals surface area contributed by atoms with Crippen molar-refractivity contribution in [3.8, 4) is 17.1 Å². The molecule has 1 atom stereocenters. The number of aliphatic hydroxyl groups excluding tert-OH is 1. The molecule has 148 valence electrons. The van der Waals surface area contributed by atoms with Gasteiger partial charge in [0.25, 0.3) is 5.56 Å². The highest BCUT2D eigenvalue weighted by Gasteiger charge is 2.18. The Bertz CT molecular complexity index is 1250. The first kappa shape index (κ1) is 19.0. The van der Waals surface area contributed by atoms with E-state index in [2.05, 4.69) is 9.67 Å². The molecule has 1 N–H and O–H groups in total.